The fraction of sp³-hybridized carbons (Fsp3) is 0.625. The van der Waals surface area contributed by atoms with Crippen LogP contribution in [-0.2, 0) is 14.4 Å². The number of nitrogens with one attached hydrogen (secondary N) is 1. The van der Waals surface area contributed by atoms with Crippen molar-refractivity contribution < 1.29 is 19.5 Å². The van der Waals surface area contributed by atoms with E-state index in [2.05, 4.69) is 5.32 Å². The molecule has 4 atom stereocenters. The Labute approximate surface area is 189 Å². The second-order valence-corrected chi connectivity index (χ2v) is 8.93. The van der Waals surface area contributed by atoms with E-state index in [9.17, 15) is 19.5 Å². The maximum absolute atomic E-state index is 13.4. The molecule has 1 aromatic carbocycles. The van der Waals surface area contributed by atoms with Gasteiger partial charge in [-0.05, 0) is 62.9 Å². The molecule has 3 rings (SSSR count). The Morgan fingerprint density at radius 1 is 1.03 bits per heavy atom. The molecule has 2 aliphatic rings. The number of rotatable bonds is 11. The molecule has 8 heteroatoms. The van der Waals surface area contributed by atoms with Crippen LogP contribution < -0.4 is 16.8 Å². The average Bonchev–Trinajstić information content (AvgIpc) is 3.19. The van der Waals surface area contributed by atoms with Crippen LogP contribution in [0.1, 0.15) is 63.0 Å². The summed E-state index contributed by atoms with van der Waals surface area (Å²) >= 11 is 0. The van der Waals surface area contributed by atoms with Gasteiger partial charge in [-0.15, -0.1) is 0 Å². The molecule has 0 bridgehead atoms. The SMILES string of the molecule is NCCCCCNC(=O)[C@@H]1C[C@@H]2C(=O)C[C@@H](CCCCN)C(=O)N2[C@@H]1c1ccc(O)cc1. The number of phenols is 1. The van der Waals surface area contributed by atoms with Crippen molar-refractivity contribution in [3.63, 3.8) is 0 Å². The van der Waals surface area contributed by atoms with Gasteiger partial charge in [-0.2, -0.15) is 0 Å². The Morgan fingerprint density at radius 3 is 2.41 bits per heavy atom. The minimum atomic E-state index is -0.569. The molecule has 8 nitrogen and oxygen atoms in total. The number of carbonyl (C=O) groups excluding carboxylic acids is 3. The van der Waals surface area contributed by atoms with Gasteiger partial charge in [0.1, 0.15) is 5.75 Å². The number of piperidine rings is 1. The number of hydrogen-bond acceptors (Lipinski definition) is 6. The molecular weight excluding hydrogens is 408 g/mol. The molecule has 176 valence electrons. The first-order valence-corrected chi connectivity index (χ1v) is 11.8. The highest BCUT2D eigenvalue weighted by molar-refractivity contribution is 5.99. The number of unbranched alkanes of at least 4 members (excludes halogenated alkanes) is 3. The fourth-order valence-corrected chi connectivity index (χ4v) is 4.99. The molecule has 2 aliphatic heterocycles. The molecular formula is C24H36N4O4. The van der Waals surface area contributed by atoms with Crippen molar-refractivity contribution in [3.8, 4) is 5.75 Å². The number of amides is 2. The first-order valence-electron chi connectivity index (χ1n) is 11.8. The molecule has 0 radical (unpaired) electrons. The van der Waals surface area contributed by atoms with Crippen LogP contribution in [0.25, 0.3) is 0 Å². The van der Waals surface area contributed by atoms with Crippen LogP contribution in [0.2, 0.25) is 0 Å². The third-order valence-corrected chi connectivity index (χ3v) is 6.67. The summed E-state index contributed by atoms with van der Waals surface area (Å²) in [6.45, 7) is 1.74. The maximum Gasteiger partial charge on any atom is 0.227 e. The fourth-order valence-electron chi connectivity index (χ4n) is 4.99. The summed E-state index contributed by atoms with van der Waals surface area (Å²) in [5, 5.41) is 12.7. The Balaban J connectivity index is 1.81. The summed E-state index contributed by atoms with van der Waals surface area (Å²) in [5.41, 5.74) is 11.9. The van der Waals surface area contributed by atoms with Crippen LogP contribution in [0.5, 0.6) is 5.75 Å². The largest absolute Gasteiger partial charge is 0.508 e. The van der Waals surface area contributed by atoms with E-state index in [1.54, 1.807) is 29.2 Å². The lowest BCUT2D eigenvalue weighted by Gasteiger charge is -2.38. The van der Waals surface area contributed by atoms with Crippen molar-refractivity contribution in [3.05, 3.63) is 29.8 Å². The minimum absolute atomic E-state index is 0.0318. The van der Waals surface area contributed by atoms with Crippen LogP contribution in [0.3, 0.4) is 0 Å². The van der Waals surface area contributed by atoms with Crippen LogP contribution >= 0.6 is 0 Å². The molecule has 2 amide bonds. The average molecular weight is 445 g/mol. The topological polar surface area (TPSA) is 139 Å². The van der Waals surface area contributed by atoms with Gasteiger partial charge >= 0.3 is 0 Å². The van der Waals surface area contributed by atoms with Gasteiger partial charge < -0.3 is 26.8 Å². The van der Waals surface area contributed by atoms with E-state index in [0.717, 1.165) is 37.7 Å². The molecule has 0 aromatic heterocycles. The van der Waals surface area contributed by atoms with Crippen LogP contribution in [0.15, 0.2) is 24.3 Å². The molecule has 0 spiro atoms. The van der Waals surface area contributed by atoms with Gasteiger partial charge in [-0.25, -0.2) is 0 Å². The highest BCUT2D eigenvalue weighted by atomic mass is 16.3. The van der Waals surface area contributed by atoms with Crippen molar-refractivity contribution in [2.75, 3.05) is 19.6 Å². The second-order valence-electron chi connectivity index (χ2n) is 8.93. The first kappa shape index (κ1) is 24.2. The van der Waals surface area contributed by atoms with Gasteiger partial charge in [0.2, 0.25) is 11.8 Å². The number of hydrogen-bond donors (Lipinski definition) is 4. The second kappa shape index (κ2) is 11.4. The van der Waals surface area contributed by atoms with Crippen LogP contribution in [-0.4, -0.2) is 53.3 Å². The number of nitrogens with two attached hydrogens (primary N) is 2. The zero-order valence-corrected chi connectivity index (χ0v) is 18.7. The molecule has 0 unspecified atom stereocenters. The number of Topliss-reactive ketones (excluding diaryl/α,β-unsaturated/α-hetero) is 1. The number of phenolic OH excluding ortho intramolecular Hbond substituents is 1. The van der Waals surface area contributed by atoms with Gasteiger partial charge in [-0.1, -0.05) is 25.0 Å². The highest BCUT2D eigenvalue weighted by Crippen LogP contribution is 2.46. The van der Waals surface area contributed by atoms with Gasteiger partial charge in [0.25, 0.3) is 0 Å². The molecule has 0 saturated carbocycles. The van der Waals surface area contributed by atoms with Crippen molar-refractivity contribution in [2.24, 2.45) is 23.3 Å². The third kappa shape index (κ3) is 5.48. The molecule has 2 heterocycles. The van der Waals surface area contributed by atoms with E-state index in [-0.39, 0.29) is 35.7 Å². The molecule has 0 aliphatic carbocycles. The first-order chi connectivity index (χ1) is 15.5. The number of aromatic hydroxyl groups is 1. The third-order valence-electron chi connectivity index (χ3n) is 6.67. The number of carbonyl (C=O) groups is 3. The Kier molecular flexibility index (Phi) is 8.64. The summed E-state index contributed by atoms with van der Waals surface area (Å²) in [6.07, 6.45) is 5.52. The standard InChI is InChI=1S/C24H36N4O4/c25-11-3-1-5-13-27-23(31)19-15-20-21(30)14-17(6-2-4-12-26)24(32)28(20)22(19)16-7-9-18(29)10-8-16/h7-10,17,19-20,22,29H,1-6,11-15,25-26H2,(H,27,31)/t17-,19-,20-,22-/m1/s1. The molecule has 1 aromatic rings. The monoisotopic (exact) mass is 444 g/mol. The van der Waals surface area contributed by atoms with Gasteiger partial charge in [0.05, 0.1) is 18.0 Å². The summed E-state index contributed by atoms with van der Waals surface area (Å²) in [6, 6.07) is 5.50. The van der Waals surface area contributed by atoms with E-state index in [4.69, 9.17) is 11.5 Å². The van der Waals surface area contributed by atoms with E-state index < -0.39 is 18.0 Å². The maximum atomic E-state index is 13.4. The molecule has 6 N–H and O–H groups in total. The van der Waals surface area contributed by atoms with Gasteiger partial charge in [-0.3, -0.25) is 14.4 Å². The Hall–Kier alpha value is -2.45. The predicted molar refractivity (Wildman–Crippen MR) is 122 cm³/mol. The quantitative estimate of drug-likeness (QED) is 0.383. The predicted octanol–water partition coefficient (Wildman–Crippen LogP) is 1.61. The number of nitrogens with zero attached hydrogens (tertiary/aromatic N) is 1. The number of ketones is 1. The van der Waals surface area contributed by atoms with Crippen LogP contribution in [0, 0.1) is 11.8 Å². The zero-order chi connectivity index (χ0) is 23.1. The summed E-state index contributed by atoms with van der Waals surface area (Å²) in [5.74, 6) is -0.902. The molecule has 32 heavy (non-hydrogen) atoms. The lowest BCUT2D eigenvalue weighted by molar-refractivity contribution is -0.150. The number of fused-ring (bicyclic) bond motifs is 1. The molecule has 2 saturated heterocycles. The lowest BCUT2D eigenvalue weighted by Crippen LogP contribution is -2.50. The highest BCUT2D eigenvalue weighted by Gasteiger charge is 2.53. The minimum Gasteiger partial charge on any atom is -0.508 e. The molecule has 2 fully saturated rings. The van der Waals surface area contributed by atoms with Gasteiger partial charge in [0, 0.05) is 18.9 Å². The Morgan fingerprint density at radius 2 is 1.72 bits per heavy atom. The van der Waals surface area contributed by atoms with E-state index in [0.29, 0.717) is 32.5 Å². The van der Waals surface area contributed by atoms with E-state index >= 15 is 0 Å². The summed E-state index contributed by atoms with van der Waals surface area (Å²) < 4.78 is 0. The summed E-state index contributed by atoms with van der Waals surface area (Å²) in [7, 11) is 0. The van der Waals surface area contributed by atoms with Crippen molar-refractivity contribution >= 4 is 17.6 Å². The summed E-state index contributed by atoms with van der Waals surface area (Å²) in [4.78, 5) is 41.2. The van der Waals surface area contributed by atoms with Crippen molar-refractivity contribution in [1.29, 1.82) is 0 Å². The lowest BCUT2D eigenvalue weighted by atomic mass is 9.87. The van der Waals surface area contributed by atoms with E-state index in [1.165, 1.54) is 0 Å². The van der Waals surface area contributed by atoms with Gasteiger partial charge in [0.15, 0.2) is 5.78 Å². The normalized spacial score (nSPS) is 25.1. The van der Waals surface area contributed by atoms with Crippen molar-refractivity contribution in [2.45, 2.75) is 63.5 Å². The van der Waals surface area contributed by atoms with Crippen molar-refractivity contribution in [1.82, 2.24) is 10.2 Å². The Bertz CT molecular complexity index is 798. The van der Waals surface area contributed by atoms with Crippen LogP contribution in [0.4, 0.5) is 0 Å². The number of benzene rings is 1. The smallest absolute Gasteiger partial charge is 0.227 e. The van der Waals surface area contributed by atoms with E-state index in [1.807, 2.05) is 0 Å². The zero-order valence-electron chi connectivity index (χ0n) is 18.7.